The SMILES string of the molecule is CCCCCCCCCOS(=O)(=O)c1ccc2ccccc2c1S(=O)(=O)OCCCCCCCCC.[Ba]. The van der Waals surface area contributed by atoms with E-state index < -0.39 is 20.2 Å². The van der Waals surface area contributed by atoms with Crippen LogP contribution >= 0.6 is 0 Å². The van der Waals surface area contributed by atoms with Crippen molar-refractivity contribution in [1.82, 2.24) is 0 Å². The molecule has 2 radical (unpaired) electrons. The summed E-state index contributed by atoms with van der Waals surface area (Å²) in [6, 6.07) is 9.74. The van der Waals surface area contributed by atoms with Crippen LogP contribution in [0.15, 0.2) is 46.2 Å². The van der Waals surface area contributed by atoms with Crippen LogP contribution in [0.1, 0.15) is 104 Å². The smallest absolute Gasteiger partial charge is 0.266 e. The second kappa shape index (κ2) is 19.2. The molecule has 0 atom stereocenters. The molecule has 0 aliphatic rings. The zero-order valence-electron chi connectivity index (χ0n) is 22.8. The maximum Gasteiger partial charge on any atom is 0.299 e. The minimum atomic E-state index is -4.31. The van der Waals surface area contributed by atoms with Gasteiger partial charge in [0, 0.05) is 54.3 Å². The van der Waals surface area contributed by atoms with Crippen LogP contribution in [0.25, 0.3) is 10.8 Å². The molecule has 0 heterocycles. The Labute approximate surface area is 265 Å². The first-order valence-electron chi connectivity index (χ1n) is 13.6. The maximum absolute atomic E-state index is 13.2. The largest absolute Gasteiger partial charge is 0.299 e. The van der Waals surface area contributed by atoms with E-state index in [1.807, 2.05) is 0 Å². The summed E-state index contributed by atoms with van der Waals surface area (Å²) in [4.78, 5) is -0.688. The van der Waals surface area contributed by atoms with Crippen LogP contribution in [0.5, 0.6) is 0 Å². The van der Waals surface area contributed by atoms with Crippen molar-refractivity contribution < 1.29 is 25.2 Å². The second-order valence-corrected chi connectivity index (χ2v) is 12.5. The van der Waals surface area contributed by atoms with Gasteiger partial charge in [-0.1, -0.05) is 121 Å². The van der Waals surface area contributed by atoms with E-state index >= 15 is 0 Å². The van der Waals surface area contributed by atoms with E-state index in [9.17, 15) is 16.8 Å². The Bertz CT molecular complexity index is 1120. The third kappa shape index (κ3) is 12.4. The predicted molar refractivity (Wildman–Crippen MR) is 152 cm³/mol. The molecule has 206 valence electrons. The van der Waals surface area contributed by atoms with Crippen molar-refractivity contribution in [3.05, 3.63) is 36.4 Å². The minimum absolute atomic E-state index is 0. The Hall–Kier alpha value is 0.0914. The molecule has 0 aliphatic carbocycles. The molecule has 0 N–H and O–H groups in total. The Balaban J connectivity index is 0.00000684. The van der Waals surface area contributed by atoms with Gasteiger partial charge in [-0.2, -0.15) is 16.8 Å². The number of benzene rings is 2. The topological polar surface area (TPSA) is 86.7 Å². The van der Waals surface area contributed by atoms with E-state index in [1.165, 1.54) is 44.6 Å². The van der Waals surface area contributed by atoms with Gasteiger partial charge in [0.1, 0.15) is 9.79 Å². The second-order valence-electron chi connectivity index (χ2n) is 9.41. The number of rotatable bonds is 20. The summed E-state index contributed by atoms with van der Waals surface area (Å²) >= 11 is 0. The fraction of sp³-hybridized carbons (Fsp3) is 0.643. The standard InChI is InChI=1S/C28H44O6S2.Ba/c1-3-5-7-9-11-13-17-23-33-35(29,30)27-22-21-25-19-15-16-20-26(25)28(27)36(31,32)34-24-18-14-12-10-8-6-4-2;/h15-16,19-22H,3-14,17-18,23-24H2,1-2H3;. The van der Waals surface area contributed by atoms with Gasteiger partial charge in [0.15, 0.2) is 0 Å². The first kappa shape index (κ1) is 35.1. The van der Waals surface area contributed by atoms with Crippen molar-refractivity contribution in [2.45, 2.75) is 114 Å². The van der Waals surface area contributed by atoms with Crippen LogP contribution < -0.4 is 0 Å². The van der Waals surface area contributed by atoms with Gasteiger partial charge in [0.2, 0.25) is 0 Å². The van der Waals surface area contributed by atoms with E-state index in [4.69, 9.17) is 8.37 Å². The summed E-state index contributed by atoms with van der Waals surface area (Å²) in [5.41, 5.74) is 0. The fourth-order valence-corrected chi connectivity index (χ4v) is 7.13. The van der Waals surface area contributed by atoms with Crippen molar-refractivity contribution in [1.29, 1.82) is 0 Å². The molecule has 37 heavy (non-hydrogen) atoms. The number of hydrogen-bond donors (Lipinski definition) is 0. The summed E-state index contributed by atoms with van der Waals surface area (Å²) in [7, 11) is -8.58. The summed E-state index contributed by atoms with van der Waals surface area (Å²) in [5.74, 6) is 0. The Morgan fingerprint density at radius 2 is 1.03 bits per heavy atom. The molecule has 9 heteroatoms. The molecule has 6 nitrogen and oxygen atoms in total. The summed E-state index contributed by atoms with van der Waals surface area (Å²) in [6.07, 6.45) is 14.4. The summed E-state index contributed by atoms with van der Waals surface area (Å²) in [6.45, 7) is 4.39. The van der Waals surface area contributed by atoms with Crippen molar-refractivity contribution in [3.63, 3.8) is 0 Å². The molecule has 0 saturated heterocycles. The van der Waals surface area contributed by atoms with Gasteiger partial charge < -0.3 is 0 Å². The van der Waals surface area contributed by atoms with Gasteiger partial charge in [-0.15, -0.1) is 0 Å². The summed E-state index contributed by atoms with van der Waals surface area (Å²) in [5, 5.41) is 0.944. The fourth-order valence-electron chi connectivity index (χ4n) is 4.26. The van der Waals surface area contributed by atoms with Gasteiger partial charge in [-0.25, -0.2) is 0 Å². The zero-order valence-corrected chi connectivity index (χ0v) is 28.8. The van der Waals surface area contributed by atoms with Crippen LogP contribution in [0.4, 0.5) is 0 Å². The molecular weight excluding hydrogens is 634 g/mol. The normalized spacial score (nSPS) is 12.1. The molecule has 0 aliphatic heterocycles. The van der Waals surface area contributed by atoms with Crippen LogP contribution in [-0.4, -0.2) is 78.9 Å². The molecule has 0 aromatic heterocycles. The molecule has 0 spiro atoms. The molecule has 0 fully saturated rings. The van der Waals surface area contributed by atoms with Gasteiger partial charge in [-0.05, 0) is 24.3 Å². The first-order valence-corrected chi connectivity index (χ1v) is 16.5. The van der Waals surface area contributed by atoms with Crippen LogP contribution in [0, 0.1) is 0 Å². The van der Waals surface area contributed by atoms with Gasteiger partial charge in [0.05, 0.1) is 13.2 Å². The maximum atomic E-state index is 13.2. The Morgan fingerprint density at radius 3 is 1.57 bits per heavy atom. The van der Waals surface area contributed by atoms with Crippen molar-refractivity contribution in [2.24, 2.45) is 0 Å². The first-order chi connectivity index (χ1) is 17.3. The quantitative estimate of drug-likeness (QED) is 0.0827. The van der Waals surface area contributed by atoms with Crippen molar-refractivity contribution >= 4 is 79.9 Å². The van der Waals surface area contributed by atoms with E-state index in [-0.39, 0.29) is 71.9 Å². The Morgan fingerprint density at radius 1 is 0.568 bits per heavy atom. The molecule has 0 saturated carbocycles. The van der Waals surface area contributed by atoms with E-state index in [0.29, 0.717) is 23.6 Å². The number of hydrogen-bond acceptors (Lipinski definition) is 6. The molecule has 2 aromatic rings. The van der Waals surface area contributed by atoms with E-state index in [1.54, 1.807) is 30.3 Å². The third-order valence-electron chi connectivity index (χ3n) is 6.34. The molecule has 0 bridgehead atoms. The van der Waals surface area contributed by atoms with Crippen molar-refractivity contribution in [3.8, 4) is 0 Å². The van der Waals surface area contributed by atoms with Gasteiger partial charge in [-0.3, -0.25) is 8.37 Å². The molecular formula is C28H44BaO6S2. The zero-order chi connectivity index (χ0) is 26.3. The average molecular weight is 678 g/mol. The van der Waals surface area contributed by atoms with Crippen LogP contribution in [0.3, 0.4) is 0 Å². The minimum Gasteiger partial charge on any atom is -0.266 e. The van der Waals surface area contributed by atoms with E-state index in [2.05, 4.69) is 13.8 Å². The van der Waals surface area contributed by atoms with E-state index in [0.717, 1.165) is 38.5 Å². The average Bonchev–Trinajstić information content (AvgIpc) is 2.86. The number of fused-ring (bicyclic) bond motifs is 1. The predicted octanol–water partition coefficient (Wildman–Crippen LogP) is 7.37. The van der Waals surface area contributed by atoms with Gasteiger partial charge in [0.25, 0.3) is 20.2 Å². The van der Waals surface area contributed by atoms with Crippen LogP contribution in [-0.2, 0) is 28.6 Å². The van der Waals surface area contributed by atoms with Gasteiger partial charge >= 0.3 is 0 Å². The van der Waals surface area contributed by atoms with Crippen LogP contribution in [0.2, 0.25) is 0 Å². The summed E-state index contributed by atoms with van der Waals surface area (Å²) < 4.78 is 63.2. The number of unbranched alkanes of at least 4 members (excludes halogenated alkanes) is 12. The molecule has 2 aromatic carbocycles. The molecule has 2 rings (SSSR count). The van der Waals surface area contributed by atoms with Crippen molar-refractivity contribution in [2.75, 3.05) is 13.2 Å². The molecule has 0 amide bonds. The third-order valence-corrected chi connectivity index (χ3v) is 9.24. The molecule has 0 unspecified atom stereocenters. The monoisotopic (exact) mass is 678 g/mol. The Kier molecular flexibility index (Phi) is 18.2.